The number of unbranched alkanes of at least 4 members (excludes halogenated alkanes) is 2. The van der Waals surface area contributed by atoms with Gasteiger partial charge in [-0.05, 0) is 122 Å². The van der Waals surface area contributed by atoms with Crippen molar-refractivity contribution in [2.24, 2.45) is 5.41 Å². The number of hydrogen-bond donors (Lipinski definition) is 30. The van der Waals surface area contributed by atoms with E-state index in [0.717, 1.165) is 18.9 Å². The van der Waals surface area contributed by atoms with E-state index >= 15 is 4.79 Å². The molecule has 0 aromatic rings. The predicted molar refractivity (Wildman–Crippen MR) is 474 cm³/mol. The first-order valence-corrected chi connectivity index (χ1v) is 55.5. The van der Waals surface area contributed by atoms with Gasteiger partial charge in [0.25, 0.3) is 26.2 Å². The average Bonchev–Trinajstić information content (AvgIpc) is 0.772. The Morgan fingerprint density at radius 2 is 0.581 bits per heavy atom. The van der Waals surface area contributed by atoms with Gasteiger partial charge in [0.1, 0.15) is 57.1 Å². The van der Waals surface area contributed by atoms with Gasteiger partial charge in [-0.25, -0.2) is 28.8 Å². The molecule has 0 aliphatic rings. The molecule has 0 fully saturated rings. The molecule has 0 radical (unpaired) electrons. The molecule has 30 N–H and O–H groups in total. The first kappa shape index (κ1) is 131. The van der Waals surface area contributed by atoms with Crippen molar-refractivity contribution in [1.29, 1.82) is 0 Å². The first-order chi connectivity index (χ1) is 61.4. The zero-order chi connectivity index (χ0) is 106. The highest BCUT2D eigenvalue weighted by Crippen LogP contribution is 2.72. The number of methoxy groups -OCH3 is 1. The van der Waals surface area contributed by atoms with Gasteiger partial charge in [0.05, 0.1) is 64.6 Å². The lowest BCUT2D eigenvalue weighted by atomic mass is 9.75. The Morgan fingerprint density at radius 1 is 0.331 bits per heavy atom. The van der Waals surface area contributed by atoms with Crippen molar-refractivity contribution in [2.75, 3.05) is 111 Å². The maximum absolute atomic E-state index is 15.1. The minimum absolute atomic E-state index is 0.0203. The fourth-order valence-corrected chi connectivity index (χ4v) is 22.2. The third kappa shape index (κ3) is 41.9. The second kappa shape index (κ2) is 54.4. The van der Waals surface area contributed by atoms with Crippen LogP contribution in [-0.4, -0.2) is 352 Å². The Morgan fingerprint density at radius 3 is 0.853 bits per heavy atom. The number of ether oxygens (including phenoxy) is 9. The number of nitrogens with one attached hydrogen (secondary N) is 10. The molecule has 0 aromatic heterocycles. The summed E-state index contributed by atoms with van der Waals surface area (Å²) in [5.74, 6) is -4.80. The van der Waals surface area contributed by atoms with E-state index in [1.165, 1.54) is 81.0 Å². The molecule has 4 atom stereocenters. The Hall–Kier alpha value is -5.38. The highest BCUT2D eigenvalue weighted by atomic mass is 32.2. The second-order valence-electron chi connectivity index (χ2n) is 32.9. The van der Waals surface area contributed by atoms with Crippen molar-refractivity contribution in [1.82, 2.24) is 53.2 Å². The molecule has 4 unspecified atom stereocenters. The standard InChI is InChI=1S/C67H130N10O49P8S2/c1-15-46(78)44(76-59(4,5)47(79)42(20-16-18-26-68-52(84)119-32-34-121-54(86)70-28-22-64(90,127(94,95)96)128(97,98)99)74-50(82)58(2,3)62(10,11)126-39-37-124-57(89)73-31-25-67(93,133(112,113)114)134(115,116)117)40-135-63(12,13)136-41-45(49(81)118-14)77-60(6,7)48(80)43(75-51(83)61(8,9)125-38-36-123-56(88)72-30-24-66(92,131(106,107)108)132(109,110)111)21-17-19-27-69-53(85)120-33-35-122-55(87)71-29-23-65(91,129(100,101)102)130(103,104)105/h42-45,76-77,90-93H,15-41H2,1-14H3,(H,68,84)(H,69,85)(H,70,86)(H,71,87)(H,72,88)(H,73,89)(H,74,82)(H,75,83)(H2,94,95,96)(H2,97,98,99)(H2,100,101,102)(H2,103,104,105)(H2,106,107,108)(H2,109,110,111)(H2,112,113,114)(H2,115,116,117). The van der Waals surface area contributed by atoms with Crippen LogP contribution < -0.4 is 53.2 Å². The number of carbonyl (C=O) groups is 12. The SMILES string of the molecule is CCC(=O)C(CSC(C)(C)SCC(NC(C)(C)C(=O)C(CCCCNC(=O)OCCOC(=O)NCCC(O)(P(=O)(O)O)P(=O)(O)O)NC(=O)C(C)(C)OCCOC(=O)NCCC(O)(P(=O)(O)O)P(=O)(O)O)C(=O)OC)NC(C)(C)C(=O)C(CCCCNC(=O)OCCOC(=O)NCCC(O)(P(=O)(O)O)P(=O)(O)O)NC(=O)C(C)(C)C(C)(C)OCCOC(=O)NCCC(O)(P(=O)(O)O)P(=O)(O)O. The predicted octanol–water partition coefficient (Wildman–Crippen LogP) is -1.20. The van der Waals surface area contributed by atoms with Crippen molar-refractivity contribution in [2.45, 2.75) is 231 Å². The molecule has 0 spiro atoms. The van der Waals surface area contributed by atoms with Crippen LogP contribution in [0.5, 0.6) is 0 Å². The zero-order valence-corrected chi connectivity index (χ0v) is 85.4. The third-order valence-electron chi connectivity index (χ3n) is 20.3. The van der Waals surface area contributed by atoms with Gasteiger partial charge in [-0.3, -0.25) is 75.9 Å². The summed E-state index contributed by atoms with van der Waals surface area (Å²) in [5.41, 5.74) is -8.52. The molecule has 136 heavy (non-hydrogen) atoms. The third-order valence-corrected chi connectivity index (χ3v) is 38.9. The molecule has 0 heterocycles. The van der Waals surface area contributed by atoms with Crippen molar-refractivity contribution in [3.05, 3.63) is 0 Å². The lowest BCUT2D eigenvalue weighted by Gasteiger charge is -2.41. The minimum atomic E-state index is -5.89. The van der Waals surface area contributed by atoms with Gasteiger partial charge in [-0.15, -0.1) is 23.5 Å². The van der Waals surface area contributed by atoms with E-state index in [2.05, 4.69) is 31.9 Å². The van der Waals surface area contributed by atoms with E-state index in [4.69, 9.17) is 42.6 Å². The van der Waals surface area contributed by atoms with Crippen LogP contribution in [0.4, 0.5) is 28.8 Å². The lowest BCUT2D eigenvalue weighted by Crippen LogP contribution is -2.62. The average molecular weight is 2170 g/mol. The monoisotopic (exact) mass is 2170 g/mol. The maximum Gasteiger partial charge on any atom is 0.407 e. The number of esters is 1. The number of rotatable bonds is 66. The molecular formula is C67H130N10O49P8S2. The Labute approximate surface area is 788 Å². The van der Waals surface area contributed by atoms with Crippen LogP contribution in [0.1, 0.15) is 161 Å². The van der Waals surface area contributed by atoms with Gasteiger partial charge >= 0.3 is 103 Å². The number of ketones is 3. The second-order valence-corrected chi connectivity index (χ2v) is 52.5. The van der Waals surface area contributed by atoms with Gasteiger partial charge < -0.3 is 184 Å². The number of Topliss-reactive ketones (excluding diaryl/α,β-unsaturated/α-hetero) is 3. The minimum Gasteiger partial charge on any atom is -0.468 e. The molecule has 0 saturated heterocycles. The quantitative estimate of drug-likeness (QED) is 0.0112. The molecule has 0 aliphatic heterocycles. The molecule has 794 valence electrons. The van der Waals surface area contributed by atoms with Crippen molar-refractivity contribution < 1.29 is 235 Å². The summed E-state index contributed by atoms with van der Waals surface area (Å²) in [5, 5.41) is 48.9. The Kier molecular flexibility index (Phi) is 52.2. The smallest absolute Gasteiger partial charge is 0.407 e. The van der Waals surface area contributed by atoms with Gasteiger partial charge in [0.15, 0.2) is 11.6 Å². The van der Waals surface area contributed by atoms with Crippen LogP contribution in [0.3, 0.4) is 0 Å². The highest BCUT2D eigenvalue weighted by molar-refractivity contribution is 8.18. The zero-order valence-electron chi connectivity index (χ0n) is 76.6. The molecule has 0 saturated carbocycles. The summed E-state index contributed by atoms with van der Waals surface area (Å²) in [6.45, 7) is 10.1. The van der Waals surface area contributed by atoms with Crippen LogP contribution >= 0.6 is 84.3 Å². The van der Waals surface area contributed by atoms with Gasteiger partial charge in [0.2, 0.25) is 5.91 Å². The van der Waals surface area contributed by atoms with E-state index in [9.17, 15) is 188 Å². The van der Waals surface area contributed by atoms with Crippen LogP contribution in [0.2, 0.25) is 0 Å². The largest absolute Gasteiger partial charge is 0.468 e. The fraction of sp³-hybridized carbons (Fsp3) is 0.821. The summed E-state index contributed by atoms with van der Waals surface area (Å²) >= 11 is 2.31. The van der Waals surface area contributed by atoms with Gasteiger partial charge in [-0.1, -0.05) is 6.92 Å². The van der Waals surface area contributed by atoms with Crippen LogP contribution in [0.25, 0.3) is 0 Å². The molecule has 69 heteroatoms. The molecular weight excluding hydrogens is 2040 g/mol. The lowest BCUT2D eigenvalue weighted by molar-refractivity contribution is -0.154. The van der Waals surface area contributed by atoms with Crippen LogP contribution in [-0.2, 0) is 108 Å². The molecule has 0 bridgehead atoms. The number of thioether (sulfide) groups is 2. The normalized spacial score (nSPS) is 14.4. The molecule has 0 rings (SSSR count). The van der Waals surface area contributed by atoms with Crippen LogP contribution in [0, 0.1) is 5.41 Å². The van der Waals surface area contributed by atoms with E-state index in [-0.39, 0.29) is 69.5 Å². The maximum atomic E-state index is 15.1. The molecule has 8 amide bonds. The molecule has 0 aliphatic carbocycles. The molecule has 59 nitrogen and oxygen atoms in total. The number of hydrogen-bond acceptors (Lipinski definition) is 37. The Bertz CT molecular complexity index is 4360. The van der Waals surface area contributed by atoms with E-state index in [1.54, 1.807) is 20.8 Å². The number of amides is 8. The fourth-order valence-electron chi connectivity index (χ4n) is 11.2. The Balaban J connectivity index is 6.99. The topological polar surface area (TPSA) is 949 Å². The number of alkyl carbamates (subject to hydrolysis) is 6. The summed E-state index contributed by atoms with van der Waals surface area (Å²) < 4.78 is 139. The summed E-state index contributed by atoms with van der Waals surface area (Å²) in [7, 11) is -45.9. The van der Waals surface area contributed by atoms with E-state index in [0.29, 0.717) is 0 Å². The van der Waals surface area contributed by atoms with E-state index < -0.39 is 313 Å². The van der Waals surface area contributed by atoms with Gasteiger partial charge in [-0.2, -0.15) is 0 Å². The van der Waals surface area contributed by atoms with Gasteiger partial charge in [0, 0.05) is 82.9 Å². The summed E-state index contributed by atoms with van der Waals surface area (Å²) in [6.07, 6.45) is -13.0. The highest BCUT2D eigenvalue weighted by Gasteiger charge is 2.62. The molecule has 0 aromatic carbocycles. The number of carbonyl (C=O) groups excluding carboxylic acids is 12. The first-order valence-electron chi connectivity index (χ1n) is 40.6. The van der Waals surface area contributed by atoms with Crippen molar-refractivity contribution in [3.63, 3.8) is 0 Å². The van der Waals surface area contributed by atoms with Crippen molar-refractivity contribution >= 4 is 156 Å². The number of aliphatic hydroxyl groups is 4. The summed E-state index contributed by atoms with van der Waals surface area (Å²) in [6, 6.07) is -5.39. The van der Waals surface area contributed by atoms with Crippen molar-refractivity contribution in [3.8, 4) is 0 Å². The van der Waals surface area contributed by atoms with E-state index in [1.807, 2.05) is 21.3 Å². The van der Waals surface area contributed by atoms with Crippen LogP contribution in [0.15, 0.2) is 0 Å². The summed E-state index contributed by atoms with van der Waals surface area (Å²) in [4.78, 5) is 311.